The molecule has 7 N–H and O–H groups in total. The van der Waals surface area contributed by atoms with Crippen LogP contribution >= 0.6 is 0 Å². The number of amides is 5. The molecule has 74 heavy (non-hydrogen) atoms. The van der Waals surface area contributed by atoms with Crippen LogP contribution in [0.4, 0.5) is 15.9 Å². The van der Waals surface area contributed by atoms with Crippen molar-refractivity contribution in [2.45, 2.75) is 155 Å². The lowest BCUT2D eigenvalue weighted by Crippen LogP contribution is -2.61. The predicted molar refractivity (Wildman–Crippen MR) is 278 cm³/mol. The van der Waals surface area contributed by atoms with Gasteiger partial charge in [0.15, 0.2) is 0 Å². The summed E-state index contributed by atoms with van der Waals surface area (Å²) in [6, 6.07) is 11.8. The van der Waals surface area contributed by atoms with Crippen LogP contribution < -0.4 is 37.1 Å². The highest BCUT2D eigenvalue weighted by Crippen LogP contribution is 2.44. The van der Waals surface area contributed by atoms with Crippen LogP contribution in [-0.2, 0) is 45.2 Å². The van der Waals surface area contributed by atoms with E-state index in [2.05, 4.69) is 31.9 Å². The van der Waals surface area contributed by atoms with E-state index in [0.717, 1.165) is 68.9 Å². The van der Waals surface area contributed by atoms with E-state index in [-0.39, 0.29) is 68.3 Å². The molecule has 5 heterocycles. The number of halogens is 1. The van der Waals surface area contributed by atoms with Crippen LogP contribution in [0, 0.1) is 22.6 Å². The molecular weight excluding hydrogens is 944 g/mol. The van der Waals surface area contributed by atoms with Crippen molar-refractivity contribution >= 4 is 41.0 Å². The molecular formula is C55H71FN12O6. The lowest BCUT2D eigenvalue weighted by atomic mass is 9.84. The van der Waals surface area contributed by atoms with E-state index in [1.165, 1.54) is 17.0 Å². The number of nitrogens with one attached hydrogen (secondary N) is 3. The molecule has 4 aromatic rings. The first-order valence-corrected chi connectivity index (χ1v) is 26.2. The van der Waals surface area contributed by atoms with Gasteiger partial charge in [0.1, 0.15) is 41.2 Å². The first-order chi connectivity index (χ1) is 35.5. The average molecular weight is 1020 g/mol. The molecule has 0 radical (unpaired) electrons. The van der Waals surface area contributed by atoms with Gasteiger partial charge in [-0.05, 0) is 111 Å². The average Bonchev–Trinajstić information content (AvgIpc) is 3.99. The Balaban J connectivity index is 0.806. The first kappa shape index (κ1) is 53.2. The second kappa shape index (κ2) is 23.0. The third-order valence-electron chi connectivity index (χ3n) is 14.9. The maximum atomic E-state index is 14.9. The van der Waals surface area contributed by atoms with Crippen molar-refractivity contribution in [1.29, 1.82) is 5.26 Å². The summed E-state index contributed by atoms with van der Waals surface area (Å²) in [5.41, 5.74) is 17.3. The topological polar surface area (TPSA) is 247 Å². The van der Waals surface area contributed by atoms with Crippen molar-refractivity contribution in [1.82, 2.24) is 40.5 Å². The minimum absolute atomic E-state index is 0.00780. The Hall–Kier alpha value is -7.07. The van der Waals surface area contributed by atoms with Crippen molar-refractivity contribution in [3.8, 4) is 22.9 Å². The van der Waals surface area contributed by atoms with E-state index in [0.29, 0.717) is 76.9 Å². The van der Waals surface area contributed by atoms with Crippen LogP contribution in [0.15, 0.2) is 48.7 Å². The van der Waals surface area contributed by atoms with Crippen LogP contribution in [0.2, 0.25) is 0 Å². The first-order valence-electron chi connectivity index (χ1n) is 26.2. The molecule has 0 unspecified atom stereocenters. The number of hydrogen-bond donors (Lipinski definition) is 5. The zero-order valence-electron chi connectivity index (χ0n) is 43.3. The van der Waals surface area contributed by atoms with E-state index < -0.39 is 35.3 Å². The summed E-state index contributed by atoms with van der Waals surface area (Å²) in [6.07, 6.45) is 10.8. The molecule has 4 aliphatic rings. The Labute approximate surface area is 432 Å². The number of fused-ring (bicyclic) bond motifs is 9. The van der Waals surface area contributed by atoms with Crippen molar-refractivity contribution in [3.63, 3.8) is 0 Å². The van der Waals surface area contributed by atoms with Gasteiger partial charge in [0, 0.05) is 61.4 Å². The third kappa shape index (κ3) is 12.0. The zero-order valence-corrected chi connectivity index (χ0v) is 43.3. The van der Waals surface area contributed by atoms with Gasteiger partial charge in [-0.2, -0.15) is 10.4 Å². The molecule has 3 aliphatic heterocycles. The quantitative estimate of drug-likeness (QED) is 0.0700. The van der Waals surface area contributed by atoms with E-state index in [9.17, 15) is 33.6 Å². The van der Waals surface area contributed by atoms with Gasteiger partial charge in [0.25, 0.3) is 5.91 Å². The number of aromatic nitrogens is 3. The van der Waals surface area contributed by atoms with Crippen LogP contribution in [0.5, 0.6) is 5.75 Å². The van der Waals surface area contributed by atoms with Gasteiger partial charge in [-0.25, -0.2) is 9.37 Å². The van der Waals surface area contributed by atoms with Crippen molar-refractivity contribution < 1.29 is 33.1 Å². The van der Waals surface area contributed by atoms with Crippen LogP contribution in [-0.4, -0.2) is 105 Å². The van der Waals surface area contributed by atoms with E-state index in [1.54, 1.807) is 35.8 Å². The number of hydrogen-bond acceptors (Lipinski definition) is 12. The maximum absolute atomic E-state index is 14.9. The lowest BCUT2D eigenvalue weighted by molar-refractivity contribution is -0.146. The fraction of sp³-hybridized carbons (Fsp3) is 0.527. The molecule has 2 fully saturated rings. The number of pyridine rings is 1. The minimum atomic E-state index is -0.879. The normalized spacial score (nSPS) is 18.1. The Morgan fingerprint density at radius 3 is 2.45 bits per heavy atom. The number of carbonyl (C=O) groups is 5. The number of ether oxygens (including phenoxy) is 1. The molecule has 1 aliphatic carbocycles. The molecule has 18 nitrogen and oxygen atoms in total. The molecule has 8 rings (SSSR count). The Morgan fingerprint density at radius 1 is 0.973 bits per heavy atom. The third-order valence-corrected chi connectivity index (χ3v) is 14.9. The Kier molecular flexibility index (Phi) is 16.5. The Morgan fingerprint density at radius 2 is 1.73 bits per heavy atom. The highest BCUT2D eigenvalue weighted by molar-refractivity contribution is 5.97. The van der Waals surface area contributed by atoms with Crippen molar-refractivity contribution in [3.05, 3.63) is 88.1 Å². The standard InChI is InChI=1S/C55H71FN12O6/c1-33(60-5)52(71)63-49(55(2,3)4)54(73)67-31-36-25-39(19-15-34(36)26-45(67)51(59)70)74-24-11-9-7-6-8-10-14-47(69)61-21-23-68-46(29-57)48-35-27-44(50(58)62-30-35)65-22-12-13-43(65)41-28-37(56)16-20-40(41)53(72)66(38-17-18-38)32-42(48)64-68/h15-16,19-20,25,27-28,30,33,38,43,45,49,60H,6-14,17-18,21-24,26,31-32H2,1-5H3,(H2,58,62)(H2,59,70)(H,61,69)(H,63,71)/t33-,43+,45-,49+/m0/s1. The van der Waals surface area contributed by atoms with Crippen molar-refractivity contribution in [2.75, 3.05) is 37.4 Å². The molecule has 394 valence electrons. The largest absolute Gasteiger partial charge is 0.494 e. The van der Waals surface area contributed by atoms with Gasteiger partial charge in [0.05, 0.1) is 43.2 Å². The van der Waals surface area contributed by atoms with Crippen LogP contribution in [0.3, 0.4) is 0 Å². The summed E-state index contributed by atoms with van der Waals surface area (Å²) in [6.45, 7) is 9.26. The molecule has 0 spiro atoms. The van der Waals surface area contributed by atoms with E-state index in [4.69, 9.17) is 21.3 Å². The summed E-state index contributed by atoms with van der Waals surface area (Å²) in [7, 11) is 1.67. The highest BCUT2D eigenvalue weighted by Gasteiger charge is 2.43. The van der Waals surface area contributed by atoms with Gasteiger partial charge in [0.2, 0.25) is 23.6 Å². The number of carbonyl (C=O) groups excluding carboxylic acids is 5. The van der Waals surface area contributed by atoms with Gasteiger partial charge in [-0.3, -0.25) is 28.7 Å². The van der Waals surface area contributed by atoms with E-state index >= 15 is 0 Å². The second-order valence-electron chi connectivity index (χ2n) is 21.3. The number of nitriles is 1. The molecule has 1 saturated carbocycles. The zero-order chi connectivity index (χ0) is 52.8. The molecule has 2 bridgehead atoms. The molecule has 1 saturated heterocycles. The number of likely N-dealkylation sites (N-methyl/N-ethyl adjacent to an activating group) is 1. The summed E-state index contributed by atoms with van der Waals surface area (Å²) in [5, 5.41) is 24.3. The second-order valence-corrected chi connectivity index (χ2v) is 21.3. The fourth-order valence-electron chi connectivity index (χ4n) is 10.5. The smallest absolute Gasteiger partial charge is 0.254 e. The Bertz CT molecular complexity index is 2800. The maximum Gasteiger partial charge on any atom is 0.254 e. The summed E-state index contributed by atoms with van der Waals surface area (Å²) >= 11 is 0. The number of nitrogens with two attached hydrogens (primary N) is 2. The minimum Gasteiger partial charge on any atom is -0.494 e. The van der Waals surface area contributed by atoms with Crippen LogP contribution in [0.1, 0.15) is 143 Å². The van der Waals surface area contributed by atoms with Gasteiger partial charge in [-0.15, -0.1) is 0 Å². The van der Waals surface area contributed by atoms with Gasteiger partial charge in [-0.1, -0.05) is 52.5 Å². The fourth-order valence-corrected chi connectivity index (χ4v) is 10.5. The summed E-state index contributed by atoms with van der Waals surface area (Å²) in [5.74, 6) is -1.01. The number of anilines is 2. The van der Waals surface area contributed by atoms with Gasteiger partial charge < -0.3 is 46.9 Å². The van der Waals surface area contributed by atoms with Crippen molar-refractivity contribution in [2.24, 2.45) is 11.1 Å². The molecule has 5 amide bonds. The number of primary amides is 1. The van der Waals surface area contributed by atoms with Crippen LogP contribution in [0.25, 0.3) is 11.1 Å². The number of nitrogens with zero attached hydrogens (tertiary/aromatic N) is 7. The number of nitrogen functional groups attached to an aromatic ring is 1. The lowest BCUT2D eigenvalue weighted by Gasteiger charge is -2.40. The van der Waals surface area contributed by atoms with Gasteiger partial charge >= 0.3 is 0 Å². The number of rotatable bonds is 19. The molecule has 2 aromatic carbocycles. The number of unbranched alkanes of at least 4 members (excludes halogenated alkanes) is 5. The predicted octanol–water partition coefficient (Wildman–Crippen LogP) is 5.80. The molecule has 2 aromatic heterocycles. The summed E-state index contributed by atoms with van der Waals surface area (Å²) in [4.78, 5) is 77.0. The monoisotopic (exact) mass is 1010 g/mol. The van der Waals surface area contributed by atoms with E-state index in [1.807, 2.05) is 45.0 Å². The highest BCUT2D eigenvalue weighted by atomic mass is 19.1. The number of benzene rings is 2. The molecule has 4 atom stereocenters. The molecule has 19 heteroatoms. The SMILES string of the molecule is CN[C@@H](C)C(=O)N[C@H](C(=O)N1Cc2cc(OCCCCCCCCC(=O)NCCn3nc4c(c3C#N)-c3cnc(N)c(c3)N3CCC[C@@H]3c3cc(F)ccc3C(=O)N(C3CC3)C4)ccc2C[C@H]1C(N)=O)C(C)(C)C. The summed E-state index contributed by atoms with van der Waals surface area (Å²) < 4.78 is 22.6.